The van der Waals surface area contributed by atoms with Gasteiger partial charge in [-0.15, -0.1) is 0 Å². The lowest BCUT2D eigenvalue weighted by Crippen LogP contribution is -1.93. The zero-order valence-corrected chi connectivity index (χ0v) is 13.6. The summed E-state index contributed by atoms with van der Waals surface area (Å²) in [5, 5.41) is 6.23. The van der Waals surface area contributed by atoms with Crippen LogP contribution in [-0.2, 0) is 0 Å². The van der Waals surface area contributed by atoms with E-state index < -0.39 is 11.6 Å². The average molecular weight is 328 g/mol. The first-order valence-electron chi connectivity index (χ1n) is 8.27. The molecular weight excluding hydrogens is 314 g/mol. The Hall–Kier alpha value is -3.00. The van der Waals surface area contributed by atoms with Crippen LogP contribution in [0.5, 0.6) is 0 Å². The molecule has 0 fully saturated rings. The zero-order chi connectivity index (χ0) is 17.1. The van der Waals surface area contributed by atoms with Gasteiger partial charge in [0.1, 0.15) is 0 Å². The Morgan fingerprint density at radius 2 is 1.16 bits per heavy atom. The molecule has 5 rings (SSSR count). The van der Waals surface area contributed by atoms with E-state index in [9.17, 15) is 8.78 Å². The number of rotatable bonds is 0. The molecule has 0 saturated heterocycles. The normalized spacial score (nSPS) is 11.8. The Kier molecular flexibility index (Phi) is 2.87. The maximum atomic E-state index is 14.8. The summed E-state index contributed by atoms with van der Waals surface area (Å²) >= 11 is 0. The van der Waals surface area contributed by atoms with Crippen molar-refractivity contribution in [3.63, 3.8) is 0 Å². The minimum absolute atomic E-state index is 0.333. The van der Waals surface area contributed by atoms with Gasteiger partial charge in [0.15, 0.2) is 11.6 Å². The van der Waals surface area contributed by atoms with Crippen molar-refractivity contribution in [3.05, 3.63) is 83.9 Å². The van der Waals surface area contributed by atoms with Crippen LogP contribution in [0.1, 0.15) is 5.56 Å². The molecule has 0 aliphatic heterocycles. The van der Waals surface area contributed by atoms with Gasteiger partial charge in [-0.05, 0) is 34.0 Å². The summed E-state index contributed by atoms with van der Waals surface area (Å²) in [5.41, 5.74) is 1.06. The SMILES string of the molecule is Cc1cccc2ccc3c(F)c(F)c4ccc5ccccc5c4c3c12. The van der Waals surface area contributed by atoms with E-state index >= 15 is 0 Å². The van der Waals surface area contributed by atoms with Crippen LogP contribution in [0.15, 0.2) is 66.7 Å². The van der Waals surface area contributed by atoms with Crippen molar-refractivity contribution in [2.24, 2.45) is 0 Å². The van der Waals surface area contributed by atoms with Gasteiger partial charge in [0.25, 0.3) is 0 Å². The molecule has 0 bridgehead atoms. The molecule has 25 heavy (non-hydrogen) atoms. The van der Waals surface area contributed by atoms with Gasteiger partial charge in [-0.25, -0.2) is 8.78 Å². The van der Waals surface area contributed by atoms with Crippen LogP contribution in [0.25, 0.3) is 43.1 Å². The van der Waals surface area contributed by atoms with Crippen molar-refractivity contribution in [2.45, 2.75) is 6.92 Å². The molecule has 0 atom stereocenters. The molecule has 0 aromatic heterocycles. The Morgan fingerprint density at radius 1 is 0.520 bits per heavy atom. The van der Waals surface area contributed by atoms with Crippen molar-refractivity contribution in [2.75, 3.05) is 0 Å². The summed E-state index contributed by atoms with van der Waals surface area (Å²) < 4.78 is 29.6. The van der Waals surface area contributed by atoms with E-state index in [4.69, 9.17) is 0 Å². The first-order valence-corrected chi connectivity index (χ1v) is 8.27. The van der Waals surface area contributed by atoms with E-state index in [1.165, 1.54) is 0 Å². The highest BCUT2D eigenvalue weighted by molar-refractivity contribution is 6.28. The second-order valence-electron chi connectivity index (χ2n) is 6.50. The van der Waals surface area contributed by atoms with Gasteiger partial charge < -0.3 is 0 Å². The quantitative estimate of drug-likeness (QED) is 0.272. The van der Waals surface area contributed by atoms with Gasteiger partial charge in [-0.1, -0.05) is 66.7 Å². The van der Waals surface area contributed by atoms with E-state index in [1.54, 1.807) is 12.1 Å². The Morgan fingerprint density at radius 3 is 1.96 bits per heavy atom. The Balaban J connectivity index is 2.25. The largest absolute Gasteiger partial charge is 0.203 e. The lowest BCUT2D eigenvalue weighted by atomic mass is 9.91. The molecular formula is C23H14F2. The van der Waals surface area contributed by atoms with E-state index in [1.807, 2.05) is 61.5 Å². The third kappa shape index (κ3) is 1.85. The molecule has 0 amide bonds. The average Bonchev–Trinajstić information content (AvgIpc) is 2.65. The summed E-state index contributed by atoms with van der Waals surface area (Å²) in [6, 6.07) is 21.0. The topological polar surface area (TPSA) is 0 Å². The molecule has 5 aromatic rings. The monoisotopic (exact) mass is 328 g/mol. The maximum absolute atomic E-state index is 14.8. The van der Waals surface area contributed by atoms with Gasteiger partial charge in [0.05, 0.1) is 0 Å². The van der Waals surface area contributed by atoms with Crippen LogP contribution >= 0.6 is 0 Å². The van der Waals surface area contributed by atoms with Gasteiger partial charge in [0, 0.05) is 21.5 Å². The first kappa shape index (κ1) is 14.4. The number of fused-ring (bicyclic) bond motifs is 7. The van der Waals surface area contributed by atoms with Crippen LogP contribution in [-0.4, -0.2) is 0 Å². The van der Waals surface area contributed by atoms with Gasteiger partial charge in [-0.3, -0.25) is 0 Å². The molecule has 0 heterocycles. The lowest BCUT2D eigenvalue weighted by molar-refractivity contribution is 0.525. The van der Waals surface area contributed by atoms with Crippen molar-refractivity contribution in [1.29, 1.82) is 0 Å². The molecule has 0 saturated carbocycles. The fourth-order valence-electron chi connectivity index (χ4n) is 3.96. The summed E-state index contributed by atoms with van der Waals surface area (Å²) in [7, 11) is 0. The van der Waals surface area contributed by atoms with Crippen molar-refractivity contribution in [3.8, 4) is 0 Å². The maximum Gasteiger partial charge on any atom is 0.167 e. The van der Waals surface area contributed by atoms with E-state index in [-0.39, 0.29) is 0 Å². The predicted molar refractivity (Wildman–Crippen MR) is 101 cm³/mol. The highest BCUT2D eigenvalue weighted by Crippen LogP contribution is 2.40. The van der Waals surface area contributed by atoms with Crippen LogP contribution in [0.3, 0.4) is 0 Å². The van der Waals surface area contributed by atoms with Crippen LogP contribution < -0.4 is 0 Å². The van der Waals surface area contributed by atoms with Crippen molar-refractivity contribution < 1.29 is 8.78 Å². The predicted octanol–water partition coefficient (Wildman–Crippen LogP) is 6.89. The Labute approximate surface area is 143 Å². The fourth-order valence-corrected chi connectivity index (χ4v) is 3.96. The highest BCUT2D eigenvalue weighted by atomic mass is 19.2. The number of benzene rings is 5. The van der Waals surface area contributed by atoms with Crippen LogP contribution in [0.2, 0.25) is 0 Å². The van der Waals surface area contributed by atoms with E-state index in [2.05, 4.69) is 0 Å². The standard InChI is InChI=1S/C23H14F2/c1-13-5-4-7-15-10-12-18-21(19(13)15)20-16-8-3-2-6-14(16)9-11-17(20)22(24)23(18)25/h2-12H,1H3. The second-order valence-corrected chi connectivity index (χ2v) is 6.50. The third-order valence-corrected chi connectivity index (χ3v) is 5.10. The molecule has 0 unspecified atom stereocenters. The van der Waals surface area contributed by atoms with Crippen LogP contribution in [0, 0.1) is 18.6 Å². The number of hydrogen-bond acceptors (Lipinski definition) is 0. The summed E-state index contributed by atoms with van der Waals surface area (Å²) in [4.78, 5) is 0. The first-order chi connectivity index (χ1) is 12.2. The second kappa shape index (κ2) is 5.00. The van der Waals surface area contributed by atoms with Gasteiger partial charge in [-0.2, -0.15) is 0 Å². The summed E-state index contributed by atoms with van der Waals surface area (Å²) in [6.07, 6.45) is 0. The number of hydrogen-bond donors (Lipinski definition) is 0. The lowest BCUT2D eigenvalue weighted by Gasteiger charge is -2.14. The van der Waals surface area contributed by atoms with Crippen molar-refractivity contribution in [1.82, 2.24) is 0 Å². The zero-order valence-electron chi connectivity index (χ0n) is 13.6. The minimum atomic E-state index is -0.777. The smallest absolute Gasteiger partial charge is 0.167 e. The molecule has 120 valence electrons. The molecule has 0 spiro atoms. The fraction of sp³-hybridized carbons (Fsp3) is 0.0435. The van der Waals surface area contributed by atoms with Crippen LogP contribution in [0.4, 0.5) is 8.78 Å². The van der Waals surface area contributed by atoms with Gasteiger partial charge in [0.2, 0.25) is 0 Å². The molecule has 0 aliphatic carbocycles. The molecule has 0 N–H and O–H groups in total. The molecule has 5 aromatic carbocycles. The molecule has 0 radical (unpaired) electrons. The summed E-state index contributed by atoms with van der Waals surface area (Å²) in [5.74, 6) is -1.55. The van der Waals surface area contributed by atoms with Crippen molar-refractivity contribution >= 4 is 43.1 Å². The van der Waals surface area contributed by atoms with Gasteiger partial charge >= 0.3 is 0 Å². The highest BCUT2D eigenvalue weighted by Gasteiger charge is 2.18. The van der Waals surface area contributed by atoms with E-state index in [0.29, 0.717) is 10.8 Å². The molecule has 0 aliphatic rings. The molecule has 2 heteroatoms. The number of aryl methyl sites for hydroxylation is 1. The third-order valence-electron chi connectivity index (χ3n) is 5.10. The minimum Gasteiger partial charge on any atom is -0.203 e. The summed E-state index contributed by atoms with van der Waals surface area (Å²) in [6.45, 7) is 2.01. The number of halogens is 2. The van der Waals surface area contributed by atoms with E-state index in [0.717, 1.165) is 37.9 Å². The Bertz CT molecular complexity index is 1320. The molecule has 0 nitrogen and oxygen atoms in total.